The van der Waals surface area contributed by atoms with Gasteiger partial charge in [0.15, 0.2) is 0 Å². The monoisotopic (exact) mass is 483 g/mol. The highest BCUT2D eigenvalue weighted by Crippen LogP contribution is 2.36. The van der Waals surface area contributed by atoms with Gasteiger partial charge in [0.25, 0.3) is 0 Å². The molecule has 1 atom stereocenters. The minimum absolute atomic E-state index is 0.112. The standard InChI is InChI=1S/C27H25N5O2S/c1-4-18(12-27-29-31-32-30-27)19-5-7-21(8-6-19)34-15-20-13-24-25(16-35-26(24)14-28-20)23-10-9-22(33-3)11-17(23)2/h4-11,13-14,16,18H,1,12,15H2,2-3H3,(H,29,30,31,32). The lowest BCUT2D eigenvalue weighted by molar-refractivity contribution is 0.301. The van der Waals surface area contributed by atoms with E-state index >= 15 is 0 Å². The van der Waals surface area contributed by atoms with Gasteiger partial charge in [0.05, 0.1) is 17.5 Å². The van der Waals surface area contributed by atoms with Gasteiger partial charge in [-0.15, -0.1) is 23.0 Å². The zero-order valence-electron chi connectivity index (χ0n) is 19.6. The molecule has 3 aromatic heterocycles. The van der Waals surface area contributed by atoms with E-state index in [1.807, 2.05) is 42.6 Å². The van der Waals surface area contributed by atoms with Gasteiger partial charge in [0.1, 0.15) is 23.9 Å². The maximum atomic E-state index is 6.05. The smallest absolute Gasteiger partial charge is 0.149 e. The molecule has 0 aliphatic heterocycles. The molecule has 1 N–H and O–H groups in total. The van der Waals surface area contributed by atoms with Crippen molar-refractivity contribution in [1.82, 2.24) is 25.6 Å². The largest absolute Gasteiger partial charge is 0.497 e. The number of benzene rings is 2. The van der Waals surface area contributed by atoms with Crippen molar-refractivity contribution in [2.75, 3.05) is 7.11 Å². The highest BCUT2D eigenvalue weighted by atomic mass is 32.1. The van der Waals surface area contributed by atoms with Gasteiger partial charge in [-0.3, -0.25) is 4.98 Å². The van der Waals surface area contributed by atoms with Crippen LogP contribution in [0.4, 0.5) is 0 Å². The van der Waals surface area contributed by atoms with Crippen LogP contribution in [0.3, 0.4) is 0 Å². The lowest BCUT2D eigenvalue weighted by Gasteiger charge is -2.12. The molecule has 8 heteroatoms. The Balaban J connectivity index is 1.30. The summed E-state index contributed by atoms with van der Waals surface area (Å²) >= 11 is 1.70. The molecule has 0 saturated carbocycles. The number of thiophene rings is 1. The quantitative estimate of drug-likeness (QED) is 0.263. The fourth-order valence-electron chi connectivity index (χ4n) is 4.11. The van der Waals surface area contributed by atoms with Gasteiger partial charge in [-0.1, -0.05) is 24.3 Å². The van der Waals surface area contributed by atoms with Gasteiger partial charge in [0.2, 0.25) is 0 Å². The number of aryl methyl sites for hydroxylation is 1. The van der Waals surface area contributed by atoms with Crippen molar-refractivity contribution in [3.8, 4) is 22.6 Å². The molecule has 2 aromatic carbocycles. The van der Waals surface area contributed by atoms with E-state index in [2.05, 4.69) is 62.7 Å². The van der Waals surface area contributed by atoms with Crippen LogP contribution < -0.4 is 9.47 Å². The molecule has 0 amide bonds. The van der Waals surface area contributed by atoms with E-state index in [-0.39, 0.29) is 5.92 Å². The third kappa shape index (κ3) is 4.93. The Bertz CT molecular complexity index is 1440. The summed E-state index contributed by atoms with van der Waals surface area (Å²) in [5, 5.41) is 17.4. The number of nitrogens with one attached hydrogen (secondary N) is 1. The number of allylic oxidation sites excluding steroid dienone is 1. The molecule has 1 unspecified atom stereocenters. The number of ether oxygens (including phenoxy) is 2. The molecule has 0 bridgehead atoms. The van der Waals surface area contributed by atoms with Crippen LogP contribution in [0.25, 0.3) is 21.2 Å². The Morgan fingerprint density at radius 3 is 2.63 bits per heavy atom. The van der Waals surface area contributed by atoms with Crippen LogP contribution in [-0.4, -0.2) is 32.7 Å². The molecule has 0 fully saturated rings. The second-order valence-corrected chi connectivity index (χ2v) is 9.17. The first-order valence-corrected chi connectivity index (χ1v) is 12.1. The van der Waals surface area contributed by atoms with Gasteiger partial charge in [-0.25, -0.2) is 5.10 Å². The number of rotatable bonds is 9. The molecule has 0 aliphatic carbocycles. The Morgan fingerprint density at radius 2 is 1.91 bits per heavy atom. The van der Waals surface area contributed by atoms with Crippen LogP contribution in [0, 0.1) is 6.92 Å². The number of aromatic amines is 1. The maximum absolute atomic E-state index is 6.05. The molecule has 35 heavy (non-hydrogen) atoms. The van der Waals surface area contributed by atoms with Gasteiger partial charge in [-0.05, 0) is 69.8 Å². The first-order chi connectivity index (χ1) is 17.1. The van der Waals surface area contributed by atoms with Crippen LogP contribution in [0.15, 0.2) is 72.8 Å². The van der Waals surface area contributed by atoms with E-state index in [0.717, 1.165) is 33.3 Å². The van der Waals surface area contributed by atoms with Crippen LogP contribution in [0.1, 0.15) is 28.6 Å². The Kier molecular flexibility index (Phi) is 6.54. The summed E-state index contributed by atoms with van der Waals surface area (Å²) in [7, 11) is 1.69. The second-order valence-electron chi connectivity index (χ2n) is 8.25. The number of nitrogens with zero attached hydrogens (tertiary/aromatic N) is 4. The lowest BCUT2D eigenvalue weighted by atomic mass is 9.95. The van der Waals surface area contributed by atoms with Crippen molar-refractivity contribution >= 4 is 21.4 Å². The molecule has 3 heterocycles. The summed E-state index contributed by atoms with van der Waals surface area (Å²) in [5.41, 5.74) is 5.59. The van der Waals surface area contributed by atoms with Crippen molar-refractivity contribution in [2.24, 2.45) is 0 Å². The van der Waals surface area contributed by atoms with Gasteiger partial charge in [-0.2, -0.15) is 0 Å². The van der Waals surface area contributed by atoms with Crippen molar-refractivity contribution in [2.45, 2.75) is 25.9 Å². The molecule has 0 aliphatic rings. The highest BCUT2D eigenvalue weighted by Gasteiger charge is 2.13. The van der Waals surface area contributed by atoms with Crippen molar-refractivity contribution in [3.63, 3.8) is 0 Å². The Hall–Kier alpha value is -4.04. The van der Waals surface area contributed by atoms with Crippen LogP contribution in [-0.2, 0) is 13.0 Å². The number of hydrogen-bond donors (Lipinski definition) is 1. The minimum Gasteiger partial charge on any atom is -0.497 e. The van der Waals surface area contributed by atoms with Gasteiger partial charge in [0, 0.05) is 29.5 Å². The van der Waals surface area contributed by atoms with Crippen LogP contribution in [0.5, 0.6) is 11.5 Å². The number of hydrogen-bond acceptors (Lipinski definition) is 7. The molecule has 0 radical (unpaired) electrons. The molecular weight excluding hydrogens is 458 g/mol. The molecule has 0 spiro atoms. The van der Waals surface area contributed by atoms with Gasteiger partial charge >= 0.3 is 0 Å². The second kappa shape index (κ2) is 10.1. The summed E-state index contributed by atoms with van der Waals surface area (Å²) in [6.45, 7) is 6.45. The molecule has 5 aromatic rings. The summed E-state index contributed by atoms with van der Waals surface area (Å²) in [5.74, 6) is 2.49. The van der Waals surface area contributed by atoms with E-state index in [9.17, 15) is 0 Å². The lowest BCUT2D eigenvalue weighted by Crippen LogP contribution is -2.02. The average molecular weight is 484 g/mol. The average Bonchev–Trinajstić information content (AvgIpc) is 3.56. The number of tetrazole rings is 1. The molecule has 176 valence electrons. The zero-order valence-corrected chi connectivity index (χ0v) is 20.4. The molecule has 0 saturated heterocycles. The third-order valence-electron chi connectivity index (χ3n) is 6.02. The van der Waals surface area contributed by atoms with E-state index < -0.39 is 0 Å². The molecule has 5 rings (SSSR count). The summed E-state index contributed by atoms with van der Waals surface area (Å²) in [6, 6.07) is 16.3. The summed E-state index contributed by atoms with van der Waals surface area (Å²) in [4.78, 5) is 4.61. The van der Waals surface area contributed by atoms with E-state index in [4.69, 9.17) is 9.47 Å². The van der Waals surface area contributed by atoms with Gasteiger partial charge < -0.3 is 9.47 Å². The first-order valence-electron chi connectivity index (χ1n) is 11.2. The van der Waals surface area contributed by atoms with Crippen molar-refractivity contribution < 1.29 is 9.47 Å². The number of aromatic nitrogens is 5. The van der Waals surface area contributed by atoms with Crippen molar-refractivity contribution in [3.05, 3.63) is 95.4 Å². The predicted molar refractivity (Wildman–Crippen MR) is 138 cm³/mol. The number of H-pyrrole nitrogens is 1. The Morgan fingerprint density at radius 1 is 1.09 bits per heavy atom. The maximum Gasteiger partial charge on any atom is 0.149 e. The fourth-order valence-corrected chi connectivity index (χ4v) is 5.02. The number of fused-ring (bicyclic) bond motifs is 1. The van der Waals surface area contributed by atoms with Crippen molar-refractivity contribution in [1.29, 1.82) is 0 Å². The van der Waals surface area contributed by atoms with E-state index in [1.54, 1.807) is 18.4 Å². The third-order valence-corrected chi connectivity index (χ3v) is 6.96. The molecular formula is C27H25N5O2S. The van der Waals surface area contributed by atoms with Crippen LogP contribution >= 0.6 is 11.3 Å². The molecule has 7 nitrogen and oxygen atoms in total. The van der Waals surface area contributed by atoms with E-state index in [1.165, 1.54) is 22.1 Å². The summed E-state index contributed by atoms with van der Waals surface area (Å²) < 4.78 is 12.6. The zero-order chi connectivity index (χ0) is 24.2. The first kappa shape index (κ1) is 22.7. The number of methoxy groups -OCH3 is 1. The minimum atomic E-state index is 0.112. The predicted octanol–water partition coefficient (Wildman–Crippen LogP) is 5.88. The highest BCUT2D eigenvalue weighted by molar-refractivity contribution is 7.17. The van der Waals surface area contributed by atoms with Crippen LogP contribution in [0.2, 0.25) is 0 Å². The SMILES string of the molecule is C=CC(Cc1nnn[nH]1)c1ccc(OCc2cc3c(-c4ccc(OC)cc4C)csc3cn2)cc1. The number of pyridine rings is 1. The Labute approximate surface area is 207 Å². The normalized spacial score (nSPS) is 11.9. The van der Waals surface area contributed by atoms with E-state index in [0.29, 0.717) is 13.0 Å². The fraction of sp³-hybridized carbons (Fsp3) is 0.185. The topological polar surface area (TPSA) is 85.8 Å². The summed E-state index contributed by atoms with van der Waals surface area (Å²) in [6.07, 6.45) is 4.49.